The minimum absolute atomic E-state index is 0.0150. The predicted octanol–water partition coefficient (Wildman–Crippen LogP) is 1.03. The van der Waals surface area contributed by atoms with Crippen LogP contribution in [0.1, 0.15) is 17.3 Å². The highest BCUT2D eigenvalue weighted by atomic mass is 19.2. The lowest BCUT2D eigenvalue weighted by Gasteiger charge is -2.36. The van der Waals surface area contributed by atoms with Crippen LogP contribution in [0.15, 0.2) is 6.07 Å². The number of ether oxygens (including phenoxy) is 1. The Kier molecular flexibility index (Phi) is 4.38. The second kappa shape index (κ2) is 5.90. The Labute approximate surface area is 118 Å². The molecule has 1 fully saturated rings. The third-order valence-corrected chi connectivity index (χ3v) is 3.18. The molecule has 1 heterocycles. The van der Waals surface area contributed by atoms with Gasteiger partial charge < -0.3 is 19.8 Å². The van der Waals surface area contributed by atoms with Crippen molar-refractivity contribution in [3.05, 3.63) is 29.1 Å². The van der Waals surface area contributed by atoms with Crippen LogP contribution < -0.4 is 0 Å². The number of aromatic hydroxyl groups is 1. The number of hydrogen-bond donors (Lipinski definition) is 2. The number of benzene rings is 1. The van der Waals surface area contributed by atoms with Crippen molar-refractivity contribution >= 4 is 5.91 Å². The molecule has 1 aromatic rings. The van der Waals surface area contributed by atoms with E-state index in [1.54, 1.807) is 6.92 Å². The average molecular weight is 305 g/mol. The van der Waals surface area contributed by atoms with Crippen LogP contribution in [0.2, 0.25) is 0 Å². The van der Waals surface area contributed by atoms with Gasteiger partial charge >= 0.3 is 0 Å². The SMILES string of the molecule is CC1CN(C(=O)c2cc(F)c(F)c(O)c2F)CC(CO)O1. The number of carbonyl (C=O) groups is 1. The second-order valence-electron chi connectivity index (χ2n) is 4.84. The van der Waals surface area contributed by atoms with Crippen molar-refractivity contribution in [2.45, 2.75) is 19.1 Å². The lowest BCUT2D eigenvalue weighted by Crippen LogP contribution is -2.50. The maximum Gasteiger partial charge on any atom is 0.257 e. The predicted molar refractivity (Wildman–Crippen MR) is 65.3 cm³/mol. The first-order chi connectivity index (χ1) is 9.85. The molecule has 1 aliphatic heterocycles. The topological polar surface area (TPSA) is 70.0 Å². The van der Waals surface area contributed by atoms with Crippen LogP contribution in [0.5, 0.6) is 5.75 Å². The van der Waals surface area contributed by atoms with E-state index in [1.165, 1.54) is 0 Å². The minimum atomic E-state index is -1.74. The number of nitrogens with zero attached hydrogens (tertiary/aromatic N) is 1. The molecule has 2 atom stereocenters. The molecule has 2 unspecified atom stereocenters. The Hall–Kier alpha value is -1.80. The molecule has 0 aromatic heterocycles. The van der Waals surface area contributed by atoms with E-state index in [-0.39, 0.29) is 19.7 Å². The van der Waals surface area contributed by atoms with Crippen LogP contribution in [0.25, 0.3) is 0 Å². The fraction of sp³-hybridized carbons (Fsp3) is 0.462. The van der Waals surface area contributed by atoms with Crippen LogP contribution in [0, 0.1) is 17.5 Å². The fourth-order valence-electron chi connectivity index (χ4n) is 2.23. The molecule has 8 heteroatoms. The zero-order valence-electron chi connectivity index (χ0n) is 11.1. The number of aliphatic hydroxyl groups is 1. The highest BCUT2D eigenvalue weighted by Crippen LogP contribution is 2.27. The van der Waals surface area contributed by atoms with Gasteiger partial charge in [-0.25, -0.2) is 8.78 Å². The number of rotatable bonds is 2. The van der Waals surface area contributed by atoms with Crippen molar-refractivity contribution in [1.82, 2.24) is 4.90 Å². The van der Waals surface area contributed by atoms with Gasteiger partial charge in [0.1, 0.15) is 0 Å². The molecule has 0 radical (unpaired) electrons. The monoisotopic (exact) mass is 305 g/mol. The number of aliphatic hydroxyl groups excluding tert-OH is 1. The average Bonchev–Trinajstić information content (AvgIpc) is 2.47. The number of carbonyl (C=O) groups excluding carboxylic acids is 1. The highest BCUT2D eigenvalue weighted by Gasteiger charge is 2.31. The molecule has 0 bridgehead atoms. The molecule has 2 rings (SSSR count). The summed E-state index contributed by atoms with van der Waals surface area (Å²) >= 11 is 0. The van der Waals surface area contributed by atoms with Crippen LogP contribution >= 0.6 is 0 Å². The van der Waals surface area contributed by atoms with E-state index >= 15 is 0 Å². The summed E-state index contributed by atoms with van der Waals surface area (Å²) in [7, 11) is 0. The molecule has 0 spiro atoms. The molecule has 1 aromatic carbocycles. The lowest BCUT2D eigenvalue weighted by molar-refractivity contribution is -0.0859. The molecule has 2 N–H and O–H groups in total. The van der Waals surface area contributed by atoms with Crippen molar-refractivity contribution in [3.63, 3.8) is 0 Å². The van der Waals surface area contributed by atoms with E-state index in [0.29, 0.717) is 6.07 Å². The Balaban J connectivity index is 2.32. The first-order valence-electron chi connectivity index (χ1n) is 6.27. The molecular formula is C13H14F3NO4. The van der Waals surface area contributed by atoms with Gasteiger partial charge in [-0.05, 0) is 13.0 Å². The summed E-state index contributed by atoms with van der Waals surface area (Å²) < 4.78 is 45.3. The second-order valence-corrected chi connectivity index (χ2v) is 4.84. The summed E-state index contributed by atoms with van der Waals surface area (Å²) in [6.45, 7) is 1.41. The fourth-order valence-corrected chi connectivity index (χ4v) is 2.23. The summed E-state index contributed by atoms with van der Waals surface area (Å²) in [5.41, 5.74) is -0.766. The third-order valence-electron chi connectivity index (χ3n) is 3.18. The number of hydrogen-bond acceptors (Lipinski definition) is 4. The van der Waals surface area contributed by atoms with Crippen molar-refractivity contribution in [3.8, 4) is 5.75 Å². The smallest absolute Gasteiger partial charge is 0.257 e. The maximum absolute atomic E-state index is 13.7. The largest absolute Gasteiger partial charge is 0.503 e. The number of halogens is 3. The first-order valence-corrected chi connectivity index (χ1v) is 6.27. The number of amides is 1. The summed E-state index contributed by atoms with van der Waals surface area (Å²) in [6, 6.07) is 0.404. The Morgan fingerprint density at radius 1 is 1.38 bits per heavy atom. The number of morpholine rings is 1. The zero-order chi connectivity index (χ0) is 15.7. The van der Waals surface area contributed by atoms with E-state index < -0.39 is 46.9 Å². The van der Waals surface area contributed by atoms with Gasteiger partial charge in [-0.3, -0.25) is 4.79 Å². The molecule has 5 nitrogen and oxygen atoms in total. The Morgan fingerprint density at radius 2 is 2.05 bits per heavy atom. The van der Waals surface area contributed by atoms with Gasteiger partial charge in [-0.1, -0.05) is 0 Å². The first kappa shape index (κ1) is 15.6. The van der Waals surface area contributed by atoms with Gasteiger partial charge in [0.15, 0.2) is 17.4 Å². The molecule has 116 valence electrons. The summed E-state index contributed by atoms with van der Waals surface area (Å²) in [5.74, 6) is -7.21. The lowest BCUT2D eigenvalue weighted by atomic mass is 10.1. The van der Waals surface area contributed by atoms with E-state index in [1.807, 2.05) is 0 Å². The summed E-state index contributed by atoms with van der Waals surface area (Å²) in [5, 5.41) is 18.2. The standard InChI is InChI=1S/C13H14F3NO4/c1-6-3-17(4-7(5-18)21-6)13(20)8-2-9(14)11(16)12(19)10(8)15/h2,6-7,18-19H,3-5H2,1H3. The molecule has 1 aliphatic rings. The van der Waals surface area contributed by atoms with E-state index in [9.17, 15) is 18.0 Å². The van der Waals surface area contributed by atoms with Gasteiger partial charge in [0.2, 0.25) is 5.82 Å². The quantitative estimate of drug-likeness (QED) is 0.801. The van der Waals surface area contributed by atoms with Gasteiger partial charge in [-0.15, -0.1) is 0 Å². The van der Waals surface area contributed by atoms with E-state index in [2.05, 4.69) is 0 Å². The molecule has 21 heavy (non-hydrogen) atoms. The third kappa shape index (κ3) is 2.96. The number of phenolic OH excluding ortho intramolecular Hbond substituents is 1. The van der Waals surface area contributed by atoms with E-state index in [4.69, 9.17) is 14.9 Å². The molecule has 1 saturated heterocycles. The molecule has 1 amide bonds. The molecule has 0 saturated carbocycles. The number of phenols is 1. The minimum Gasteiger partial charge on any atom is -0.503 e. The Morgan fingerprint density at radius 3 is 2.67 bits per heavy atom. The van der Waals surface area contributed by atoms with Gasteiger partial charge in [0, 0.05) is 13.1 Å². The van der Waals surface area contributed by atoms with Gasteiger partial charge in [-0.2, -0.15) is 4.39 Å². The summed E-state index contributed by atoms with van der Waals surface area (Å²) in [6.07, 6.45) is -1.04. The van der Waals surface area contributed by atoms with Crippen molar-refractivity contribution in [1.29, 1.82) is 0 Å². The normalized spacial score (nSPS) is 22.4. The highest BCUT2D eigenvalue weighted by molar-refractivity contribution is 5.95. The molecular weight excluding hydrogens is 291 g/mol. The van der Waals surface area contributed by atoms with Crippen LogP contribution in [0.4, 0.5) is 13.2 Å². The summed E-state index contributed by atoms with van der Waals surface area (Å²) in [4.78, 5) is 13.3. The maximum atomic E-state index is 13.7. The van der Waals surface area contributed by atoms with Crippen molar-refractivity contribution < 1.29 is 32.9 Å². The van der Waals surface area contributed by atoms with Crippen LogP contribution in [0.3, 0.4) is 0 Å². The van der Waals surface area contributed by atoms with Crippen LogP contribution in [-0.4, -0.2) is 52.9 Å². The zero-order valence-corrected chi connectivity index (χ0v) is 11.1. The van der Waals surface area contributed by atoms with Gasteiger partial charge in [0.05, 0.1) is 24.4 Å². The van der Waals surface area contributed by atoms with Crippen molar-refractivity contribution in [2.75, 3.05) is 19.7 Å². The Bertz CT molecular complexity index is 567. The van der Waals surface area contributed by atoms with Crippen molar-refractivity contribution in [2.24, 2.45) is 0 Å². The van der Waals surface area contributed by atoms with E-state index in [0.717, 1.165) is 4.90 Å². The molecule has 0 aliphatic carbocycles. The van der Waals surface area contributed by atoms with Crippen LogP contribution in [-0.2, 0) is 4.74 Å². The van der Waals surface area contributed by atoms with Gasteiger partial charge in [0.25, 0.3) is 5.91 Å².